The van der Waals surface area contributed by atoms with Gasteiger partial charge in [0, 0.05) is 24.9 Å². The van der Waals surface area contributed by atoms with Crippen LogP contribution in [0.1, 0.15) is 27.2 Å². The van der Waals surface area contributed by atoms with Crippen molar-refractivity contribution in [2.45, 2.75) is 32.8 Å². The van der Waals surface area contributed by atoms with E-state index in [2.05, 4.69) is 4.72 Å². The van der Waals surface area contributed by atoms with Gasteiger partial charge in [0.15, 0.2) is 0 Å². The van der Waals surface area contributed by atoms with Crippen LogP contribution in [0.5, 0.6) is 0 Å². The zero-order chi connectivity index (χ0) is 15.3. The summed E-state index contributed by atoms with van der Waals surface area (Å²) >= 11 is 1.45. The van der Waals surface area contributed by atoms with Crippen LogP contribution in [-0.2, 0) is 4.74 Å². The molecule has 2 N–H and O–H groups in total. The molecular weight excluding hydrogens is 276 g/mol. The fourth-order valence-corrected chi connectivity index (χ4v) is 2.03. The second-order valence-corrected chi connectivity index (χ2v) is 6.97. The molecule has 0 spiro atoms. The summed E-state index contributed by atoms with van der Waals surface area (Å²) in [5.41, 5.74) is 0.882. The number of nitrogens with zero attached hydrogens (tertiary/aromatic N) is 2. The van der Waals surface area contributed by atoms with Gasteiger partial charge in [0.2, 0.25) is 0 Å². The van der Waals surface area contributed by atoms with Crippen molar-refractivity contribution in [3.05, 3.63) is 11.8 Å². The minimum atomic E-state index is -0.501. The monoisotopic (exact) mass is 300 g/mol. The molecule has 1 amide bonds. The van der Waals surface area contributed by atoms with Gasteiger partial charge in [-0.1, -0.05) is 0 Å². The first-order valence-electron chi connectivity index (χ1n) is 6.53. The number of ether oxygens (including phenoxy) is 1. The average Bonchev–Trinajstić information content (AvgIpc) is 2.28. The molecule has 0 aromatic carbocycles. The van der Waals surface area contributed by atoms with Crippen LogP contribution in [0.4, 0.5) is 4.79 Å². The highest BCUT2D eigenvalue weighted by Gasteiger charge is 2.27. The van der Waals surface area contributed by atoms with Crippen molar-refractivity contribution in [1.29, 1.82) is 5.41 Å². The molecule has 114 valence electrons. The molecule has 0 aromatic rings. The molecule has 0 aliphatic carbocycles. The van der Waals surface area contributed by atoms with Gasteiger partial charge in [-0.25, -0.2) is 9.10 Å². The van der Waals surface area contributed by atoms with Crippen molar-refractivity contribution >= 4 is 23.9 Å². The lowest BCUT2D eigenvalue weighted by atomic mass is 10.0. The van der Waals surface area contributed by atoms with Crippen LogP contribution in [0.2, 0.25) is 0 Å². The van der Waals surface area contributed by atoms with E-state index in [0.717, 1.165) is 5.57 Å². The minimum Gasteiger partial charge on any atom is -0.444 e. The second kappa shape index (κ2) is 6.99. The van der Waals surface area contributed by atoms with E-state index in [1.807, 2.05) is 45.4 Å². The number of amides is 1. The number of carbonyl (C=O) groups excluding carboxylic acids is 1. The maximum Gasteiger partial charge on any atom is 0.410 e. The minimum absolute atomic E-state index is 0.301. The van der Waals surface area contributed by atoms with Gasteiger partial charge in [0.1, 0.15) is 5.60 Å². The lowest BCUT2D eigenvalue weighted by Gasteiger charge is -2.31. The van der Waals surface area contributed by atoms with E-state index in [1.54, 1.807) is 4.90 Å². The Morgan fingerprint density at radius 1 is 1.50 bits per heavy atom. The lowest BCUT2D eigenvalue weighted by molar-refractivity contribution is 0.0274. The average molecular weight is 300 g/mol. The highest BCUT2D eigenvalue weighted by Crippen LogP contribution is 2.17. The quantitative estimate of drug-likeness (QED) is 0.782. The van der Waals surface area contributed by atoms with Crippen molar-refractivity contribution < 1.29 is 9.53 Å². The Kier molecular flexibility index (Phi) is 5.88. The van der Waals surface area contributed by atoms with Gasteiger partial charge in [-0.2, -0.15) is 0 Å². The summed E-state index contributed by atoms with van der Waals surface area (Å²) in [6, 6.07) is 0. The van der Waals surface area contributed by atoms with Crippen molar-refractivity contribution in [1.82, 2.24) is 13.9 Å². The molecule has 0 aromatic heterocycles. The summed E-state index contributed by atoms with van der Waals surface area (Å²) in [7, 11) is 3.87. The van der Waals surface area contributed by atoms with Gasteiger partial charge in [0.05, 0.1) is 12.3 Å². The third-order valence-corrected chi connectivity index (χ3v) is 3.10. The topological polar surface area (TPSA) is 68.7 Å². The van der Waals surface area contributed by atoms with E-state index in [4.69, 9.17) is 10.1 Å². The Hall–Kier alpha value is -1.21. The number of hydrogen-bond acceptors (Lipinski definition) is 6. The smallest absolute Gasteiger partial charge is 0.410 e. The molecule has 7 heteroatoms. The first kappa shape index (κ1) is 16.8. The van der Waals surface area contributed by atoms with Gasteiger partial charge in [-0.05, 0) is 46.9 Å². The molecule has 6 nitrogen and oxygen atoms in total. The zero-order valence-corrected chi connectivity index (χ0v) is 13.6. The van der Waals surface area contributed by atoms with Crippen LogP contribution in [0, 0.1) is 5.41 Å². The third-order valence-electron chi connectivity index (χ3n) is 2.51. The van der Waals surface area contributed by atoms with E-state index in [0.29, 0.717) is 25.2 Å². The summed E-state index contributed by atoms with van der Waals surface area (Å²) in [6.07, 6.45) is 2.15. The summed E-state index contributed by atoms with van der Waals surface area (Å²) in [4.78, 5) is 13.5. The Morgan fingerprint density at radius 2 is 2.15 bits per heavy atom. The fourth-order valence-electron chi connectivity index (χ4n) is 1.62. The van der Waals surface area contributed by atoms with Crippen LogP contribution < -0.4 is 4.72 Å². The van der Waals surface area contributed by atoms with E-state index in [1.165, 1.54) is 12.1 Å². The van der Waals surface area contributed by atoms with Crippen LogP contribution >= 0.6 is 12.1 Å². The van der Waals surface area contributed by atoms with E-state index < -0.39 is 5.60 Å². The first-order chi connectivity index (χ1) is 9.19. The van der Waals surface area contributed by atoms with E-state index in [9.17, 15) is 4.79 Å². The van der Waals surface area contributed by atoms with Gasteiger partial charge < -0.3 is 19.8 Å². The SMILES string of the molecule is CN(C)SN/C=C1/CCN(C(=O)OC(C)(C)C)CC1=N. The largest absolute Gasteiger partial charge is 0.444 e. The van der Waals surface area contributed by atoms with Gasteiger partial charge in [-0.3, -0.25) is 0 Å². The van der Waals surface area contributed by atoms with Crippen LogP contribution in [0.25, 0.3) is 0 Å². The Bertz CT molecular complexity index is 402. The van der Waals surface area contributed by atoms with Crippen LogP contribution in [0.3, 0.4) is 0 Å². The molecule has 0 unspecified atom stereocenters. The number of nitrogens with one attached hydrogen (secondary N) is 2. The molecule has 0 bridgehead atoms. The van der Waals surface area contributed by atoms with Gasteiger partial charge in [0.25, 0.3) is 0 Å². The summed E-state index contributed by atoms with van der Waals surface area (Å²) in [6.45, 7) is 6.40. The number of piperidine rings is 1. The second-order valence-electron chi connectivity index (χ2n) is 5.82. The molecule has 20 heavy (non-hydrogen) atoms. The molecule has 1 saturated heterocycles. The van der Waals surface area contributed by atoms with E-state index in [-0.39, 0.29) is 6.09 Å². The van der Waals surface area contributed by atoms with Crippen molar-refractivity contribution in [2.24, 2.45) is 0 Å². The lowest BCUT2D eigenvalue weighted by Crippen LogP contribution is -2.43. The number of carbonyl (C=O) groups is 1. The molecule has 0 radical (unpaired) electrons. The summed E-state index contributed by atoms with van der Waals surface area (Å²) in [5.74, 6) is 0. The normalized spacial score (nSPS) is 18.6. The van der Waals surface area contributed by atoms with Gasteiger partial charge in [-0.15, -0.1) is 0 Å². The molecular formula is C13H24N4O2S. The molecule has 1 heterocycles. The molecule has 1 fully saturated rings. The highest BCUT2D eigenvalue weighted by atomic mass is 32.2. The molecule has 1 rings (SSSR count). The van der Waals surface area contributed by atoms with Crippen LogP contribution in [-0.4, -0.2) is 53.8 Å². The van der Waals surface area contributed by atoms with Crippen molar-refractivity contribution in [3.63, 3.8) is 0 Å². The first-order valence-corrected chi connectivity index (χ1v) is 7.31. The number of rotatable bonds is 3. The summed E-state index contributed by atoms with van der Waals surface area (Å²) < 4.78 is 10.3. The molecule has 0 atom stereocenters. The van der Waals surface area contributed by atoms with E-state index >= 15 is 0 Å². The van der Waals surface area contributed by atoms with Crippen LogP contribution in [0.15, 0.2) is 11.8 Å². The predicted molar refractivity (Wildman–Crippen MR) is 82.6 cm³/mol. The highest BCUT2D eigenvalue weighted by molar-refractivity contribution is 7.95. The predicted octanol–water partition coefficient (Wildman–Crippen LogP) is 2.25. The number of likely N-dealkylation sites (tertiary alicyclic amines) is 1. The van der Waals surface area contributed by atoms with Crippen molar-refractivity contribution in [2.75, 3.05) is 27.2 Å². The molecule has 0 saturated carbocycles. The van der Waals surface area contributed by atoms with Gasteiger partial charge >= 0.3 is 6.09 Å². The zero-order valence-electron chi connectivity index (χ0n) is 12.8. The fraction of sp³-hybridized carbons (Fsp3) is 0.692. The summed E-state index contributed by atoms with van der Waals surface area (Å²) in [5, 5.41) is 8.01. The third kappa shape index (κ3) is 5.83. The Balaban J connectivity index is 2.51. The standard InChI is InChI=1S/C13H24N4O2S/c1-13(2,3)19-12(18)17-7-6-10(11(14)9-17)8-15-20-16(4)5/h8,14-15H,6-7,9H2,1-5H3/b10-8-,14-11?. The Labute approximate surface area is 125 Å². The number of hydrogen-bond donors (Lipinski definition) is 2. The Morgan fingerprint density at radius 3 is 2.65 bits per heavy atom. The maximum atomic E-state index is 11.9. The maximum absolute atomic E-state index is 11.9. The molecule has 1 aliphatic rings. The van der Waals surface area contributed by atoms with Crippen molar-refractivity contribution in [3.8, 4) is 0 Å². The molecule has 1 aliphatic heterocycles.